The van der Waals surface area contributed by atoms with Gasteiger partial charge in [0.05, 0.1) is 6.10 Å². The summed E-state index contributed by atoms with van der Waals surface area (Å²) >= 11 is 11.9. The van der Waals surface area contributed by atoms with Crippen LogP contribution in [0.15, 0.2) is 18.2 Å². The smallest absolute Gasteiger partial charge is 0.326 e. The number of likely N-dealkylation sites (tertiary alicyclic amines) is 1. The quantitative estimate of drug-likeness (QED) is 0.650. The standard InChI is InChI=1S/C18H26Cl2N2O4Si/c1-18(2,3)27(4,5)26-14-9-15(16(23)24)22(10-14)17(25)21-13-7-11(19)6-12(20)8-13/h6-8,14-15H,9-10H2,1-5H3,(H,21,25)(H,23,24)/t14-,15?/m1/s1. The van der Waals surface area contributed by atoms with Gasteiger partial charge in [-0.1, -0.05) is 44.0 Å². The molecule has 1 fully saturated rings. The van der Waals surface area contributed by atoms with Gasteiger partial charge in [0.2, 0.25) is 0 Å². The van der Waals surface area contributed by atoms with Crippen molar-refractivity contribution in [3.63, 3.8) is 0 Å². The van der Waals surface area contributed by atoms with Crippen molar-refractivity contribution >= 4 is 49.2 Å². The molecule has 2 amide bonds. The predicted molar refractivity (Wildman–Crippen MR) is 110 cm³/mol. The number of amides is 2. The van der Waals surface area contributed by atoms with Crippen LogP contribution in [0, 0.1) is 0 Å². The molecule has 2 rings (SSSR count). The molecule has 6 nitrogen and oxygen atoms in total. The molecule has 9 heteroatoms. The van der Waals surface area contributed by atoms with E-state index in [2.05, 4.69) is 39.2 Å². The van der Waals surface area contributed by atoms with Gasteiger partial charge in [0.1, 0.15) is 6.04 Å². The Morgan fingerprint density at radius 3 is 2.26 bits per heavy atom. The lowest BCUT2D eigenvalue weighted by atomic mass is 10.2. The number of aliphatic carboxylic acids is 1. The highest BCUT2D eigenvalue weighted by molar-refractivity contribution is 6.74. The molecule has 1 heterocycles. The van der Waals surface area contributed by atoms with Gasteiger partial charge in [-0.05, 0) is 36.3 Å². The molecule has 0 aromatic heterocycles. The first-order valence-electron chi connectivity index (χ1n) is 8.74. The Labute approximate surface area is 170 Å². The van der Waals surface area contributed by atoms with E-state index in [0.29, 0.717) is 15.7 Å². The molecule has 27 heavy (non-hydrogen) atoms. The molecule has 2 atom stereocenters. The Morgan fingerprint density at radius 1 is 1.22 bits per heavy atom. The molecule has 150 valence electrons. The molecular formula is C18H26Cl2N2O4Si. The van der Waals surface area contributed by atoms with Crippen molar-refractivity contribution in [1.82, 2.24) is 4.90 Å². The maximum atomic E-state index is 12.7. The van der Waals surface area contributed by atoms with Gasteiger partial charge in [-0.2, -0.15) is 0 Å². The average Bonchev–Trinajstić information content (AvgIpc) is 2.88. The molecule has 0 aliphatic carbocycles. The molecule has 1 aromatic carbocycles. The molecule has 1 aromatic rings. The van der Waals surface area contributed by atoms with Gasteiger partial charge in [0, 0.05) is 28.7 Å². The number of carbonyl (C=O) groups is 2. The van der Waals surface area contributed by atoms with Gasteiger partial charge in [-0.25, -0.2) is 9.59 Å². The minimum Gasteiger partial charge on any atom is -0.480 e. The molecular weight excluding hydrogens is 407 g/mol. The largest absolute Gasteiger partial charge is 0.480 e. The van der Waals surface area contributed by atoms with E-state index in [-0.39, 0.29) is 24.1 Å². The number of nitrogens with one attached hydrogen (secondary N) is 1. The van der Waals surface area contributed by atoms with Gasteiger partial charge in [-0.3, -0.25) is 0 Å². The molecule has 1 saturated heterocycles. The fourth-order valence-corrected chi connectivity index (χ4v) is 4.64. The summed E-state index contributed by atoms with van der Waals surface area (Å²) in [5.41, 5.74) is 0.412. The van der Waals surface area contributed by atoms with E-state index in [1.807, 2.05) is 0 Å². The third kappa shape index (κ3) is 5.37. The van der Waals surface area contributed by atoms with Crippen LogP contribution in [-0.4, -0.2) is 49.0 Å². The normalized spacial score (nSPS) is 20.6. The minimum atomic E-state index is -2.07. The number of anilines is 1. The van der Waals surface area contributed by atoms with E-state index < -0.39 is 26.4 Å². The zero-order valence-electron chi connectivity index (χ0n) is 16.2. The third-order valence-corrected chi connectivity index (χ3v) is 10.2. The lowest BCUT2D eigenvalue weighted by Gasteiger charge is -2.38. The van der Waals surface area contributed by atoms with E-state index >= 15 is 0 Å². The van der Waals surface area contributed by atoms with Crippen LogP contribution in [0.2, 0.25) is 28.2 Å². The first-order valence-corrected chi connectivity index (χ1v) is 12.4. The first-order chi connectivity index (χ1) is 12.3. The Bertz CT molecular complexity index is 716. The number of carbonyl (C=O) groups excluding carboxylic acids is 1. The van der Waals surface area contributed by atoms with E-state index in [1.165, 1.54) is 4.90 Å². The molecule has 0 bridgehead atoms. The number of hydrogen-bond acceptors (Lipinski definition) is 3. The van der Waals surface area contributed by atoms with Crippen LogP contribution in [0.25, 0.3) is 0 Å². The van der Waals surface area contributed by atoms with Crippen LogP contribution in [0.1, 0.15) is 27.2 Å². The maximum Gasteiger partial charge on any atom is 0.326 e. The van der Waals surface area contributed by atoms with Crippen molar-refractivity contribution in [3.05, 3.63) is 28.2 Å². The summed E-state index contributed by atoms with van der Waals surface area (Å²) in [6, 6.07) is 3.22. The number of urea groups is 1. The zero-order chi connectivity index (χ0) is 20.6. The number of halogens is 2. The number of rotatable bonds is 4. The van der Waals surface area contributed by atoms with E-state index in [9.17, 15) is 14.7 Å². The van der Waals surface area contributed by atoms with Crippen LogP contribution in [-0.2, 0) is 9.22 Å². The van der Waals surface area contributed by atoms with Crippen molar-refractivity contribution < 1.29 is 19.1 Å². The highest BCUT2D eigenvalue weighted by Gasteiger charge is 2.45. The highest BCUT2D eigenvalue weighted by atomic mass is 35.5. The van der Waals surface area contributed by atoms with Crippen molar-refractivity contribution in [2.24, 2.45) is 0 Å². The lowest BCUT2D eigenvalue weighted by molar-refractivity contribution is -0.141. The summed E-state index contributed by atoms with van der Waals surface area (Å²) in [6.45, 7) is 10.8. The van der Waals surface area contributed by atoms with Crippen molar-refractivity contribution in [1.29, 1.82) is 0 Å². The summed E-state index contributed by atoms with van der Waals surface area (Å²) < 4.78 is 6.32. The summed E-state index contributed by atoms with van der Waals surface area (Å²) in [5, 5.41) is 13.0. The van der Waals surface area contributed by atoms with Gasteiger partial charge in [-0.15, -0.1) is 0 Å². The van der Waals surface area contributed by atoms with E-state index in [0.717, 1.165) is 0 Å². The Balaban J connectivity index is 2.14. The second-order valence-electron chi connectivity index (χ2n) is 8.33. The van der Waals surface area contributed by atoms with Gasteiger partial charge in [0.25, 0.3) is 0 Å². The predicted octanol–water partition coefficient (Wildman–Crippen LogP) is 5.07. The van der Waals surface area contributed by atoms with Gasteiger partial charge in [0.15, 0.2) is 8.32 Å². The Kier molecular flexibility index (Phi) is 6.51. The summed E-state index contributed by atoms with van der Waals surface area (Å²) in [7, 11) is -2.07. The second kappa shape index (κ2) is 7.99. The lowest BCUT2D eigenvalue weighted by Crippen LogP contribution is -2.45. The average molecular weight is 433 g/mol. The fraction of sp³-hybridized carbons (Fsp3) is 0.556. The number of carboxylic acids is 1. The third-order valence-electron chi connectivity index (χ3n) is 5.19. The van der Waals surface area contributed by atoms with Crippen LogP contribution in [0.3, 0.4) is 0 Å². The SMILES string of the molecule is CC(C)(C)[Si](C)(C)O[C@@H]1CC(C(=O)O)N(C(=O)Nc2cc(Cl)cc(Cl)c2)C1. The summed E-state index contributed by atoms with van der Waals surface area (Å²) in [6.07, 6.45) is -0.0355. The van der Waals surface area contributed by atoms with E-state index in [4.69, 9.17) is 27.6 Å². The molecule has 1 unspecified atom stereocenters. The van der Waals surface area contributed by atoms with Crippen LogP contribution >= 0.6 is 23.2 Å². The summed E-state index contributed by atoms with van der Waals surface area (Å²) in [5.74, 6) is -1.05. The van der Waals surface area contributed by atoms with Crippen molar-refractivity contribution in [2.45, 2.75) is 57.5 Å². The van der Waals surface area contributed by atoms with Crippen molar-refractivity contribution in [2.75, 3.05) is 11.9 Å². The second-order valence-corrected chi connectivity index (χ2v) is 14.0. The van der Waals surface area contributed by atoms with Crippen LogP contribution in [0.5, 0.6) is 0 Å². The zero-order valence-corrected chi connectivity index (χ0v) is 18.7. The van der Waals surface area contributed by atoms with Gasteiger partial charge >= 0.3 is 12.0 Å². The molecule has 0 radical (unpaired) electrons. The minimum absolute atomic E-state index is 0.00106. The number of hydrogen-bond donors (Lipinski definition) is 2. The van der Waals surface area contributed by atoms with Crippen molar-refractivity contribution in [3.8, 4) is 0 Å². The molecule has 0 spiro atoms. The van der Waals surface area contributed by atoms with Gasteiger partial charge < -0.3 is 19.7 Å². The topological polar surface area (TPSA) is 78.9 Å². The monoisotopic (exact) mass is 432 g/mol. The number of benzene rings is 1. The highest BCUT2D eigenvalue weighted by Crippen LogP contribution is 2.39. The number of nitrogens with zero attached hydrogens (tertiary/aromatic N) is 1. The fourth-order valence-electron chi connectivity index (χ4n) is 2.76. The molecule has 1 aliphatic rings. The Hall–Kier alpha value is -1.28. The van der Waals surface area contributed by atoms with Crippen LogP contribution in [0.4, 0.5) is 10.5 Å². The maximum absolute atomic E-state index is 12.7. The molecule has 0 saturated carbocycles. The molecule has 2 N–H and O–H groups in total. The Morgan fingerprint density at radius 2 is 1.78 bits per heavy atom. The number of carboxylic acid groups (broad SMARTS) is 1. The summed E-state index contributed by atoms with van der Waals surface area (Å²) in [4.78, 5) is 25.7. The molecule has 1 aliphatic heterocycles. The van der Waals surface area contributed by atoms with Crippen LogP contribution < -0.4 is 5.32 Å². The first kappa shape index (κ1) is 22.0. The van der Waals surface area contributed by atoms with E-state index in [1.54, 1.807) is 18.2 Å².